The van der Waals surface area contributed by atoms with Crippen LogP contribution in [0.5, 0.6) is 0 Å². The second-order valence-corrected chi connectivity index (χ2v) is 4.87. The van der Waals surface area contributed by atoms with Gasteiger partial charge in [0.2, 0.25) is 0 Å². The molecule has 1 aromatic rings. The van der Waals surface area contributed by atoms with Crippen molar-refractivity contribution < 1.29 is 0 Å². The van der Waals surface area contributed by atoms with Gasteiger partial charge < -0.3 is 0 Å². The van der Waals surface area contributed by atoms with Crippen LogP contribution in [0.3, 0.4) is 0 Å². The van der Waals surface area contributed by atoms with E-state index >= 15 is 0 Å². The van der Waals surface area contributed by atoms with E-state index in [2.05, 4.69) is 31.2 Å². The van der Waals surface area contributed by atoms with Crippen LogP contribution in [0.25, 0.3) is 0 Å². The minimum absolute atomic E-state index is 0.865. The van der Waals surface area contributed by atoms with Crippen molar-refractivity contribution in [2.75, 3.05) is 0 Å². The fraction of sp³-hybridized carbons (Fsp3) is 0.273. The van der Waals surface area contributed by atoms with E-state index in [4.69, 9.17) is 11.6 Å². The first-order valence-corrected chi connectivity index (χ1v) is 5.36. The van der Waals surface area contributed by atoms with Gasteiger partial charge in [-0.15, -0.1) is 0 Å². The van der Waals surface area contributed by atoms with Gasteiger partial charge in [-0.3, -0.25) is 0 Å². The van der Waals surface area contributed by atoms with Crippen molar-refractivity contribution in [3.63, 3.8) is 0 Å². The zero-order valence-electron chi connectivity index (χ0n) is 8.10. The number of aryl methyl sites for hydroxylation is 1. The maximum atomic E-state index is 6.03. The van der Waals surface area contributed by atoms with Crippen molar-refractivity contribution in [1.82, 2.24) is 0 Å². The van der Waals surface area contributed by atoms with Gasteiger partial charge in [-0.25, -0.2) is 0 Å². The Morgan fingerprint density at radius 2 is 1.69 bits per heavy atom. The molecule has 0 heterocycles. The number of allylic oxidation sites excluding steroid dienone is 1. The van der Waals surface area contributed by atoms with Gasteiger partial charge in [0.05, 0.1) is 4.36 Å². The molecule has 0 unspecified atom stereocenters. The van der Waals surface area contributed by atoms with Crippen LogP contribution in [0.2, 0.25) is 0 Å². The Hall–Kier alpha value is -0.400. The van der Waals surface area contributed by atoms with Crippen LogP contribution < -0.4 is 0 Å². The molecule has 0 aliphatic heterocycles. The highest BCUT2D eigenvalue weighted by Gasteiger charge is 1.98. The van der Waals surface area contributed by atoms with Crippen molar-refractivity contribution in [3.8, 4) is 0 Å². The van der Waals surface area contributed by atoms with E-state index in [1.165, 1.54) is 10.5 Å². The molecule has 2 heteroatoms. The van der Waals surface area contributed by atoms with Gasteiger partial charge >= 0.3 is 0 Å². The average molecular weight is 213 g/mol. The molecule has 1 aromatic carbocycles. The molecular formula is C11H13ClS. The molecule has 0 saturated carbocycles. The smallest absolute Gasteiger partial charge is 0.0768 e. The van der Waals surface area contributed by atoms with Crippen molar-refractivity contribution in [3.05, 3.63) is 39.8 Å². The maximum Gasteiger partial charge on any atom is 0.0768 e. The molecule has 0 N–H and O–H groups in total. The van der Waals surface area contributed by atoms with E-state index in [0.29, 0.717) is 0 Å². The molecule has 0 saturated heterocycles. The third-order valence-electron chi connectivity index (χ3n) is 1.62. The lowest BCUT2D eigenvalue weighted by molar-refractivity contribution is 1.37. The van der Waals surface area contributed by atoms with Gasteiger partial charge in [-0.2, -0.15) is 0 Å². The lowest BCUT2D eigenvalue weighted by atomic mass is 10.2. The molecule has 13 heavy (non-hydrogen) atoms. The van der Waals surface area contributed by atoms with E-state index in [0.717, 1.165) is 9.94 Å². The van der Waals surface area contributed by atoms with E-state index in [-0.39, 0.29) is 0 Å². The monoisotopic (exact) mass is 212 g/mol. The minimum Gasteiger partial charge on any atom is -0.0778 e. The SMILES string of the molecule is CC(C)=C(Cl)Sc1ccc(C)cc1. The predicted molar refractivity (Wildman–Crippen MR) is 61.3 cm³/mol. The number of thioether (sulfide) groups is 1. The lowest BCUT2D eigenvalue weighted by Gasteiger charge is -2.01. The summed E-state index contributed by atoms with van der Waals surface area (Å²) in [5, 5.41) is 0. The molecule has 1 rings (SSSR count). The molecule has 0 aliphatic rings. The average Bonchev–Trinajstić information content (AvgIpc) is 2.08. The van der Waals surface area contributed by atoms with Gasteiger partial charge in [0.1, 0.15) is 0 Å². The highest BCUT2D eigenvalue weighted by atomic mass is 35.5. The minimum atomic E-state index is 0.865. The predicted octanol–water partition coefficient (Wildman–Crippen LogP) is 4.58. The summed E-state index contributed by atoms with van der Waals surface area (Å²) in [6.45, 7) is 6.12. The van der Waals surface area contributed by atoms with Crippen LogP contribution in [0.4, 0.5) is 0 Å². The van der Waals surface area contributed by atoms with Crippen molar-refractivity contribution >= 4 is 23.4 Å². The molecule has 0 bridgehead atoms. The van der Waals surface area contributed by atoms with Gasteiger partial charge in [-0.05, 0) is 32.9 Å². The van der Waals surface area contributed by atoms with E-state index in [1.807, 2.05) is 13.8 Å². The third-order valence-corrected chi connectivity index (χ3v) is 3.33. The van der Waals surface area contributed by atoms with Gasteiger partial charge in [0.25, 0.3) is 0 Å². The molecule has 70 valence electrons. The summed E-state index contributed by atoms with van der Waals surface area (Å²) in [5.74, 6) is 0. The number of rotatable bonds is 2. The van der Waals surface area contributed by atoms with Crippen LogP contribution in [-0.4, -0.2) is 0 Å². The summed E-state index contributed by atoms with van der Waals surface area (Å²) in [7, 11) is 0. The van der Waals surface area contributed by atoms with Crippen molar-refractivity contribution in [1.29, 1.82) is 0 Å². The Morgan fingerprint density at radius 1 is 1.15 bits per heavy atom. The molecule has 0 aromatic heterocycles. The van der Waals surface area contributed by atoms with Gasteiger partial charge in [-0.1, -0.05) is 46.6 Å². The Morgan fingerprint density at radius 3 is 2.15 bits per heavy atom. The van der Waals surface area contributed by atoms with Crippen molar-refractivity contribution in [2.24, 2.45) is 0 Å². The summed E-state index contributed by atoms with van der Waals surface area (Å²) in [5.41, 5.74) is 2.44. The zero-order valence-corrected chi connectivity index (χ0v) is 9.67. The molecule has 0 radical (unpaired) electrons. The van der Waals surface area contributed by atoms with Crippen LogP contribution in [0, 0.1) is 6.92 Å². The van der Waals surface area contributed by atoms with Crippen molar-refractivity contribution in [2.45, 2.75) is 25.7 Å². The Balaban J connectivity index is 2.76. The molecule has 0 atom stereocenters. The molecule has 0 amide bonds. The topological polar surface area (TPSA) is 0 Å². The fourth-order valence-electron chi connectivity index (χ4n) is 0.812. The van der Waals surface area contributed by atoms with Crippen LogP contribution in [0.1, 0.15) is 19.4 Å². The van der Waals surface area contributed by atoms with Gasteiger partial charge in [0.15, 0.2) is 0 Å². The normalized spacial score (nSPS) is 9.85. The Bertz CT molecular complexity index is 307. The first-order valence-electron chi connectivity index (χ1n) is 4.17. The summed E-state index contributed by atoms with van der Waals surface area (Å²) >= 11 is 7.64. The Labute approximate surface area is 89.0 Å². The number of hydrogen-bond donors (Lipinski definition) is 0. The number of benzene rings is 1. The summed E-state index contributed by atoms with van der Waals surface area (Å²) in [6.07, 6.45) is 0. The summed E-state index contributed by atoms with van der Waals surface area (Å²) in [6, 6.07) is 8.37. The quantitative estimate of drug-likeness (QED) is 0.647. The summed E-state index contributed by atoms with van der Waals surface area (Å²) < 4.78 is 0.865. The molecule has 0 nitrogen and oxygen atoms in total. The second-order valence-electron chi connectivity index (χ2n) is 3.19. The largest absolute Gasteiger partial charge is 0.0778 e. The Kier molecular flexibility index (Phi) is 3.89. The van der Waals surface area contributed by atoms with Crippen LogP contribution in [-0.2, 0) is 0 Å². The van der Waals surface area contributed by atoms with E-state index < -0.39 is 0 Å². The first-order chi connectivity index (χ1) is 6.09. The number of halogens is 1. The molecule has 0 fully saturated rings. The maximum absolute atomic E-state index is 6.03. The van der Waals surface area contributed by atoms with Crippen LogP contribution in [0.15, 0.2) is 39.1 Å². The number of hydrogen-bond acceptors (Lipinski definition) is 1. The third kappa shape index (κ3) is 3.45. The van der Waals surface area contributed by atoms with E-state index in [1.54, 1.807) is 11.8 Å². The second kappa shape index (κ2) is 4.73. The summed E-state index contributed by atoms with van der Waals surface area (Å²) in [4.78, 5) is 1.19. The lowest BCUT2D eigenvalue weighted by Crippen LogP contribution is -1.74. The van der Waals surface area contributed by atoms with Crippen LogP contribution >= 0.6 is 23.4 Å². The molecule has 0 aliphatic carbocycles. The van der Waals surface area contributed by atoms with Gasteiger partial charge in [0, 0.05) is 4.90 Å². The van der Waals surface area contributed by atoms with E-state index in [9.17, 15) is 0 Å². The molecular weight excluding hydrogens is 200 g/mol. The highest BCUT2D eigenvalue weighted by molar-refractivity contribution is 8.04. The zero-order chi connectivity index (χ0) is 9.84. The molecule has 0 spiro atoms. The fourth-order valence-corrected chi connectivity index (χ4v) is 1.76. The standard InChI is InChI=1S/C11H13ClS/c1-8(2)11(12)13-10-6-4-9(3)5-7-10/h4-7H,1-3H3. The first kappa shape index (κ1) is 10.7. The highest BCUT2D eigenvalue weighted by Crippen LogP contribution is 2.31.